The number of ether oxygens (including phenoxy) is 1. The van der Waals surface area contributed by atoms with Gasteiger partial charge in [0, 0.05) is 4.83 Å². The highest BCUT2D eigenvalue weighted by atomic mass is 79.9. The van der Waals surface area contributed by atoms with Crippen molar-refractivity contribution in [2.75, 3.05) is 7.11 Å². The quantitative estimate of drug-likeness (QED) is 0.729. The second-order valence-electron chi connectivity index (χ2n) is 3.99. The first-order valence-corrected chi connectivity index (χ1v) is 6.90. The van der Waals surface area contributed by atoms with Crippen LogP contribution in [0.5, 0.6) is 5.75 Å². The lowest BCUT2D eigenvalue weighted by Gasteiger charge is -2.30. The second kappa shape index (κ2) is 4.88. The van der Waals surface area contributed by atoms with Crippen molar-refractivity contribution in [2.45, 2.75) is 24.1 Å². The summed E-state index contributed by atoms with van der Waals surface area (Å²) in [6.07, 6.45) is 4.07. The maximum absolute atomic E-state index is 5.22. The smallest absolute Gasteiger partial charge is 0.133 e. The van der Waals surface area contributed by atoms with E-state index in [0.717, 1.165) is 16.1 Å². The summed E-state index contributed by atoms with van der Waals surface area (Å²) in [6, 6.07) is 6.31. The minimum absolute atomic E-state index is 0.494. The normalized spacial score (nSPS) is 18.3. The summed E-state index contributed by atoms with van der Waals surface area (Å²) >= 11 is 7.30. The van der Waals surface area contributed by atoms with E-state index in [0.29, 0.717) is 4.83 Å². The van der Waals surface area contributed by atoms with E-state index < -0.39 is 0 Å². The average Bonchev–Trinajstić information content (AvgIpc) is 2.15. The van der Waals surface area contributed by atoms with Gasteiger partial charge in [-0.1, -0.05) is 28.4 Å². The SMILES string of the molecule is COc1ccc(C(Br)C2CCC2)cc1Br. The van der Waals surface area contributed by atoms with E-state index in [2.05, 4.69) is 44.0 Å². The summed E-state index contributed by atoms with van der Waals surface area (Å²) in [6.45, 7) is 0. The molecule has 0 amide bonds. The van der Waals surface area contributed by atoms with Crippen LogP contribution >= 0.6 is 31.9 Å². The number of benzene rings is 1. The first kappa shape index (κ1) is 11.5. The zero-order valence-corrected chi connectivity index (χ0v) is 11.8. The maximum Gasteiger partial charge on any atom is 0.133 e. The van der Waals surface area contributed by atoms with Crippen molar-refractivity contribution in [3.05, 3.63) is 28.2 Å². The van der Waals surface area contributed by atoms with Crippen LogP contribution in [0.1, 0.15) is 29.7 Å². The molecule has 1 unspecified atom stereocenters. The highest BCUT2D eigenvalue weighted by Crippen LogP contribution is 2.44. The molecule has 2 rings (SSSR count). The van der Waals surface area contributed by atoms with E-state index in [-0.39, 0.29) is 0 Å². The Morgan fingerprint density at radius 3 is 2.60 bits per heavy atom. The molecule has 0 spiro atoms. The molecule has 0 aliphatic heterocycles. The fraction of sp³-hybridized carbons (Fsp3) is 0.500. The minimum Gasteiger partial charge on any atom is -0.496 e. The van der Waals surface area contributed by atoms with Crippen LogP contribution in [-0.4, -0.2) is 7.11 Å². The molecule has 0 aromatic heterocycles. The van der Waals surface area contributed by atoms with Crippen LogP contribution in [0.15, 0.2) is 22.7 Å². The number of methoxy groups -OCH3 is 1. The summed E-state index contributed by atoms with van der Waals surface area (Å²) in [5, 5.41) is 0. The van der Waals surface area contributed by atoms with Gasteiger partial charge in [0.1, 0.15) is 5.75 Å². The van der Waals surface area contributed by atoms with Crippen LogP contribution in [0.3, 0.4) is 0 Å². The predicted octanol–water partition coefficient (Wildman–Crippen LogP) is 4.69. The van der Waals surface area contributed by atoms with E-state index in [1.807, 2.05) is 6.07 Å². The molecular formula is C12H14Br2O. The van der Waals surface area contributed by atoms with Crippen LogP contribution in [0.25, 0.3) is 0 Å². The monoisotopic (exact) mass is 332 g/mol. The molecule has 1 saturated carbocycles. The lowest BCUT2D eigenvalue weighted by Crippen LogP contribution is -2.16. The third kappa shape index (κ3) is 2.39. The Kier molecular flexibility index (Phi) is 3.73. The molecule has 1 fully saturated rings. The molecule has 1 aromatic rings. The zero-order chi connectivity index (χ0) is 10.8. The molecule has 1 aromatic carbocycles. The molecule has 3 heteroatoms. The third-order valence-corrected chi connectivity index (χ3v) is 4.95. The van der Waals surface area contributed by atoms with Crippen molar-refractivity contribution in [1.29, 1.82) is 0 Å². The molecule has 0 N–H and O–H groups in total. The van der Waals surface area contributed by atoms with Gasteiger partial charge < -0.3 is 4.74 Å². The summed E-state index contributed by atoms with van der Waals surface area (Å²) in [5.41, 5.74) is 1.34. The Morgan fingerprint density at radius 2 is 2.13 bits per heavy atom. The lowest BCUT2D eigenvalue weighted by molar-refractivity contribution is 0.312. The van der Waals surface area contributed by atoms with Crippen molar-refractivity contribution >= 4 is 31.9 Å². The number of halogens is 2. The van der Waals surface area contributed by atoms with Crippen LogP contribution in [0, 0.1) is 5.92 Å². The molecule has 82 valence electrons. The minimum atomic E-state index is 0.494. The van der Waals surface area contributed by atoms with Crippen molar-refractivity contribution in [1.82, 2.24) is 0 Å². The van der Waals surface area contributed by atoms with E-state index in [9.17, 15) is 0 Å². The van der Waals surface area contributed by atoms with Gasteiger partial charge in [-0.3, -0.25) is 0 Å². The Labute approximate surface area is 107 Å². The van der Waals surface area contributed by atoms with Crippen molar-refractivity contribution < 1.29 is 4.74 Å². The van der Waals surface area contributed by atoms with E-state index in [4.69, 9.17) is 4.74 Å². The maximum atomic E-state index is 5.22. The summed E-state index contributed by atoms with van der Waals surface area (Å²) in [7, 11) is 1.69. The highest BCUT2D eigenvalue weighted by Gasteiger charge is 2.26. The number of hydrogen-bond donors (Lipinski definition) is 0. The predicted molar refractivity (Wildman–Crippen MR) is 69.7 cm³/mol. The first-order chi connectivity index (χ1) is 7.22. The lowest BCUT2D eigenvalue weighted by atomic mass is 9.81. The van der Waals surface area contributed by atoms with Gasteiger partial charge in [0.2, 0.25) is 0 Å². The van der Waals surface area contributed by atoms with Crippen molar-refractivity contribution in [3.8, 4) is 5.75 Å². The van der Waals surface area contributed by atoms with E-state index in [1.54, 1.807) is 7.11 Å². The molecule has 0 radical (unpaired) electrons. The standard InChI is InChI=1S/C12H14Br2O/c1-15-11-6-5-9(7-10(11)13)12(14)8-3-2-4-8/h5-8,12H,2-4H2,1H3. The molecule has 1 aliphatic rings. The molecule has 0 saturated heterocycles. The fourth-order valence-electron chi connectivity index (χ4n) is 1.86. The van der Waals surface area contributed by atoms with Gasteiger partial charge in [-0.2, -0.15) is 0 Å². The number of hydrogen-bond acceptors (Lipinski definition) is 1. The van der Waals surface area contributed by atoms with Gasteiger partial charge in [-0.25, -0.2) is 0 Å². The molecular weight excluding hydrogens is 320 g/mol. The summed E-state index contributed by atoms with van der Waals surface area (Å²) in [5.74, 6) is 1.71. The highest BCUT2D eigenvalue weighted by molar-refractivity contribution is 9.10. The van der Waals surface area contributed by atoms with Gasteiger partial charge in [0.15, 0.2) is 0 Å². The number of alkyl halides is 1. The molecule has 1 atom stereocenters. The van der Waals surface area contributed by atoms with Crippen molar-refractivity contribution in [2.24, 2.45) is 5.92 Å². The summed E-state index contributed by atoms with van der Waals surface area (Å²) in [4.78, 5) is 0.494. The van der Waals surface area contributed by atoms with E-state index in [1.165, 1.54) is 24.8 Å². The van der Waals surface area contributed by atoms with Crippen LogP contribution in [0.4, 0.5) is 0 Å². The van der Waals surface area contributed by atoms with Gasteiger partial charge in [-0.15, -0.1) is 0 Å². The van der Waals surface area contributed by atoms with Gasteiger partial charge >= 0.3 is 0 Å². The largest absolute Gasteiger partial charge is 0.496 e. The topological polar surface area (TPSA) is 9.23 Å². The Hall–Kier alpha value is -0.0200. The zero-order valence-electron chi connectivity index (χ0n) is 8.67. The van der Waals surface area contributed by atoms with Crippen LogP contribution < -0.4 is 4.74 Å². The molecule has 15 heavy (non-hydrogen) atoms. The van der Waals surface area contributed by atoms with Crippen LogP contribution in [0.2, 0.25) is 0 Å². The average molecular weight is 334 g/mol. The van der Waals surface area contributed by atoms with Crippen LogP contribution in [-0.2, 0) is 0 Å². The number of rotatable bonds is 3. The van der Waals surface area contributed by atoms with E-state index >= 15 is 0 Å². The van der Waals surface area contributed by atoms with Gasteiger partial charge in [0.25, 0.3) is 0 Å². The summed E-state index contributed by atoms with van der Waals surface area (Å²) < 4.78 is 6.25. The molecule has 0 bridgehead atoms. The molecule has 1 aliphatic carbocycles. The van der Waals surface area contributed by atoms with Gasteiger partial charge in [-0.05, 0) is 52.4 Å². The Balaban J connectivity index is 2.17. The second-order valence-corrected chi connectivity index (χ2v) is 5.83. The molecule has 0 heterocycles. The first-order valence-electron chi connectivity index (χ1n) is 5.20. The molecule has 1 nitrogen and oxygen atoms in total. The van der Waals surface area contributed by atoms with Crippen molar-refractivity contribution in [3.63, 3.8) is 0 Å². The van der Waals surface area contributed by atoms with Gasteiger partial charge in [0.05, 0.1) is 11.6 Å². The Bertz CT molecular complexity index is 347. The fourth-order valence-corrected chi connectivity index (χ4v) is 3.23. The Morgan fingerprint density at radius 1 is 1.40 bits per heavy atom. The third-order valence-electron chi connectivity index (χ3n) is 3.06.